The normalized spacial score (nSPS) is 16.7. The van der Waals surface area contributed by atoms with Crippen molar-refractivity contribution in [2.45, 2.75) is 51.9 Å². The monoisotopic (exact) mass is 365 g/mol. The molecule has 2 aromatic rings. The summed E-state index contributed by atoms with van der Waals surface area (Å²) < 4.78 is 5.13. The molecule has 1 atom stereocenters. The molecular weight excluding hydrogens is 338 g/mol. The number of aromatic nitrogens is 1. The SMILES string of the molecule is C=CCOC(=O)c1[nH]c2c(c1C)C(=O)C[C@H](c1ccc(C(C)(C)C)cc1)C2. The molecule has 3 rings (SSSR count). The van der Waals surface area contributed by atoms with Gasteiger partial charge in [0.15, 0.2) is 5.78 Å². The summed E-state index contributed by atoms with van der Waals surface area (Å²) in [5.41, 5.74) is 5.08. The number of rotatable bonds is 4. The van der Waals surface area contributed by atoms with Crippen molar-refractivity contribution in [3.63, 3.8) is 0 Å². The Morgan fingerprint density at radius 3 is 2.52 bits per heavy atom. The molecule has 0 saturated heterocycles. The fraction of sp³-hybridized carbons (Fsp3) is 0.391. The summed E-state index contributed by atoms with van der Waals surface area (Å²) in [7, 11) is 0. The molecule has 1 N–H and O–H groups in total. The molecule has 0 fully saturated rings. The second kappa shape index (κ2) is 7.18. The summed E-state index contributed by atoms with van der Waals surface area (Å²) in [6.45, 7) is 12.1. The number of ketones is 1. The molecule has 4 heteroatoms. The predicted octanol–water partition coefficient (Wildman–Crippen LogP) is 4.88. The Hall–Kier alpha value is -2.62. The molecule has 142 valence electrons. The van der Waals surface area contributed by atoms with Gasteiger partial charge in [0.2, 0.25) is 0 Å². The van der Waals surface area contributed by atoms with Gasteiger partial charge in [0.05, 0.1) is 0 Å². The number of fused-ring (bicyclic) bond motifs is 1. The second-order valence-corrected chi connectivity index (χ2v) is 8.27. The molecule has 4 nitrogen and oxygen atoms in total. The molecule has 27 heavy (non-hydrogen) atoms. The molecule has 1 aliphatic rings. The molecule has 0 radical (unpaired) electrons. The lowest BCUT2D eigenvalue weighted by Gasteiger charge is -2.24. The number of carbonyl (C=O) groups excluding carboxylic acids is 2. The van der Waals surface area contributed by atoms with Gasteiger partial charge >= 0.3 is 5.97 Å². The van der Waals surface area contributed by atoms with E-state index < -0.39 is 5.97 Å². The Bertz CT molecular complexity index is 882. The van der Waals surface area contributed by atoms with Crippen LogP contribution in [-0.2, 0) is 16.6 Å². The van der Waals surface area contributed by atoms with Crippen molar-refractivity contribution in [1.29, 1.82) is 0 Å². The zero-order valence-corrected chi connectivity index (χ0v) is 16.5. The van der Waals surface area contributed by atoms with E-state index in [1.54, 1.807) is 6.92 Å². The van der Waals surface area contributed by atoms with Crippen molar-refractivity contribution in [1.82, 2.24) is 4.98 Å². The van der Waals surface area contributed by atoms with E-state index in [1.165, 1.54) is 11.6 Å². The van der Waals surface area contributed by atoms with E-state index >= 15 is 0 Å². The molecule has 0 unspecified atom stereocenters. The zero-order valence-electron chi connectivity index (χ0n) is 16.5. The van der Waals surface area contributed by atoms with Gasteiger partial charge in [0.1, 0.15) is 12.3 Å². The Labute approximate surface area is 160 Å². The van der Waals surface area contributed by atoms with Crippen LogP contribution in [-0.4, -0.2) is 23.3 Å². The molecule has 1 heterocycles. The van der Waals surface area contributed by atoms with Crippen LogP contribution in [0.25, 0.3) is 0 Å². The number of carbonyl (C=O) groups is 2. The third kappa shape index (κ3) is 3.75. The first-order valence-electron chi connectivity index (χ1n) is 9.35. The summed E-state index contributed by atoms with van der Waals surface area (Å²) in [6, 6.07) is 8.54. The van der Waals surface area contributed by atoms with Crippen LogP contribution in [0, 0.1) is 6.92 Å². The fourth-order valence-electron chi connectivity index (χ4n) is 3.74. The summed E-state index contributed by atoms with van der Waals surface area (Å²) in [5, 5.41) is 0. The van der Waals surface area contributed by atoms with E-state index in [2.05, 4.69) is 56.6 Å². The van der Waals surface area contributed by atoms with Crippen molar-refractivity contribution in [3.05, 3.63) is 70.6 Å². The van der Waals surface area contributed by atoms with E-state index in [9.17, 15) is 9.59 Å². The Morgan fingerprint density at radius 1 is 1.26 bits per heavy atom. The maximum atomic E-state index is 12.8. The van der Waals surface area contributed by atoms with E-state index in [0.29, 0.717) is 29.7 Å². The first kappa shape index (κ1) is 19.2. The van der Waals surface area contributed by atoms with Crippen molar-refractivity contribution in [3.8, 4) is 0 Å². The lowest BCUT2D eigenvalue weighted by molar-refractivity contribution is 0.0542. The number of nitrogens with one attached hydrogen (secondary N) is 1. The van der Waals surface area contributed by atoms with Crippen LogP contribution in [0.2, 0.25) is 0 Å². The van der Waals surface area contributed by atoms with Crippen LogP contribution in [0.1, 0.15) is 76.3 Å². The average Bonchev–Trinajstić information content (AvgIpc) is 2.96. The molecular formula is C23H27NO3. The number of aromatic amines is 1. The van der Waals surface area contributed by atoms with Crippen LogP contribution in [0.4, 0.5) is 0 Å². The van der Waals surface area contributed by atoms with Gasteiger partial charge in [-0.1, -0.05) is 57.7 Å². The van der Waals surface area contributed by atoms with Gasteiger partial charge in [-0.2, -0.15) is 0 Å². The highest BCUT2D eigenvalue weighted by molar-refractivity contribution is 6.03. The van der Waals surface area contributed by atoms with Crippen LogP contribution in [0.15, 0.2) is 36.9 Å². The highest BCUT2D eigenvalue weighted by Crippen LogP contribution is 2.36. The standard InChI is InChI=1S/C23H27NO3/c1-6-11-27-22(26)21-14(2)20-18(24-21)12-16(13-19(20)25)15-7-9-17(10-8-15)23(3,4)5/h6-10,16,24H,1,11-13H2,2-5H3/t16-/m1/s1. The molecule has 0 amide bonds. The minimum atomic E-state index is -0.444. The van der Waals surface area contributed by atoms with Crippen LogP contribution < -0.4 is 0 Å². The number of hydrogen-bond acceptors (Lipinski definition) is 3. The van der Waals surface area contributed by atoms with Gasteiger partial charge in [-0.15, -0.1) is 0 Å². The summed E-state index contributed by atoms with van der Waals surface area (Å²) in [6.07, 6.45) is 2.70. The third-order valence-corrected chi connectivity index (χ3v) is 5.27. The molecule has 1 aliphatic carbocycles. The highest BCUT2D eigenvalue weighted by atomic mass is 16.5. The number of benzene rings is 1. The molecule has 0 aliphatic heterocycles. The predicted molar refractivity (Wildman–Crippen MR) is 107 cm³/mol. The van der Waals surface area contributed by atoms with Gasteiger partial charge in [0, 0.05) is 17.7 Å². The van der Waals surface area contributed by atoms with Crippen molar-refractivity contribution < 1.29 is 14.3 Å². The molecule has 1 aromatic carbocycles. The molecule has 0 bridgehead atoms. The van der Waals surface area contributed by atoms with Crippen molar-refractivity contribution in [2.24, 2.45) is 0 Å². The lowest BCUT2D eigenvalue weighted by Crippen LogP contribution is -2.19. The lowest BCUT2D eigenvalue weighted by atomic mass is 9.80. The summed E-state index contributed by atoms with van der Waals surface area (Å²) in [5.74, 6) is -0.243. The quantitative estimate of drug-likeness (QED) is 0.621. The highest BCUT2D eigenvalue weighted by Gasteiger charge is 2.32. The summed E-state index contributed by atoms with van der Waals surface area (Å²) in [4.78, 5) is 28.1. The summed E-state index contributed by atoms with van der Waals surface area (Å²) >= 11 is 0. The van der Waals surface area contributed by atoms with Gasteiger partial charge in [-0.05, 0) is 41.4 Å². The third-order valence-electron chi connectivity index (χ3n) is 5.27. The zero-order chi connectivity index (χ0) is 19.8. The fourth-order valence-corrected chi connectivity index (χ4v) is 3.74. The molecule has 0 saturated carbocycles. The van der Waals surface area contributed by atoms with E-state index in [1.807, 2.05) is 0 Å². The average molecular weight is 365 g/mol. The number of esters is 1. The maximum absolute atomic E-state index is 12.8. The maximum Gasteiger partial charge on any atom is 0.355 e. The van der Waals surface area contributed by atoms with Crippen LogP contribution >= 0.6 is 0 Å². The Kier molecular flexibility index (Phi) is 5.09. The number of ether oxygens (including phenoxy) is 1. The first-order valence-corrected chi connectivity index (χ1v) is 9.35. The Balaban J connectivity index is 1.87. The largest absolute Gasteiger partial charge is 0.457 e. The van der Waals surface area contributed by atoms with E-state index in [4.69, 9.17) is 4.74 Å². The Morgan fingerprint density at radius 2 is 1.93 bits per heavy atom. The number of hydrogen-bond donors (Lipinski definition) is 1. The van der Waals surface area contributed by atoms with Gasteiger partial charge < -0.3 is 9.72 Å². The number of H-pyrrole nitrogens is 1. The molecule has 1 aromatic heterocycles. The van der Waals surface area contributed by atoms with Gasteiger partial charge in [0.25, 0.3) is 0 Å². The van der Waals surface area contributed by atoms with Crippen LogP contribution in [0.3, 0.4) is 0 Å². The first-order chi connectivity index (χ1) is 12.7. The van der Waals surface area contributed by atoms with E-state index in [-0.39, 0.29) is 23.7 Å². The topological polar surface area (TPSA) is 59.2 Å². The van der Waals surface area contributed by atoms with Crippen LogP contribution in [0.5, 0.6) is 0 Å². The molecule has 0 spiro atoms. The van der Waals surface area contributed by atoms with Crippen molar-refractivity contribution in [2.75, 3.05) is 6.61 Å². The second-order valence-electron chi connectivity index (χ2n) is 8.27. The minimum absolute atomic E-state index is 0.0812. The van der Waals surface area contributed by atoms with Crippen molar-refractivity contribution >= 4 is 11.8 Å². The van der Waals surface area contributed by atoms with Gasteiger partial charge in [-0.25, -0.2) is 4.79 Å². The van der Waals surface area contributed by atoms with E-state index in [0.717, 1.165) is 11.3 Å². The number of Topliss-reactive ketones (excluding diaryl/α,β-unsaturated/α-hetero) is 1. The van der Waals surface area contributed by atoms with Gasteiger partial charge in [-0.3, -0.25) is 4.79 Å². The minimum Gasteiger partial charge on any atom is -0.457 e. The smallest absolute Gasteiger partial charge is 0.355 e.